The standard InChI is InChI=1S/C18H23N3O2/c1-20-11-13(15-8-4-5-9-16(15)20)10-18(23)21(12-17(19)22)14-6-2-3-7-14/h4-5,8-9,11,14H,2-3,6-7,10,12H2,1H3,(H2,19,22). The van der Waals surface area contributed by atoms with Gasteiger partial charge in [0.25, 0.3) is 0 Å². The number of benzene rings is 1. The molecule has 1 aliphatic carbocycles. The predicted molar refractivity (Wildman–Crippen MR) is 89.8 cm³/mol. The van der Waals surface area contributed by atoms with Crippen molar-refractivity contribution < 1.29 is 9.59 Å². The van der Waals surface area contributed by atoms with Crippen LogP contribution >= 0.6 is 0 Å². The molecule has 0 atom stereocenters. The van der Waals surface area contributed by atoms with Crippen LogP contribution in [-0.2, 0) is 23.1 Å². The van der Waals surface area contributed by atoms with Gasteiger partial charge in [0.2, 0.25) is 11.8 Å². The second kappa shape index (κ2) is 6.44. The van der Waals surface area contributed by atoms with Crippen LogP contribution in [0.1, 0.15) is 31.2 Å². The maximum absolute atomic E-state index is 12.8. The van der Waals surface area contributed by atoms with Crippen LogP contribution in [0.3, 0.4) is 0 Å². The summed E-state index contributed by atoms with van der Waals surface area (Å²) in [5, 5.41) is 1.09. The number of carbonyl (C=O) groups is 2. The van der Waals surface area contributed by atoms with Crippen LogP contribution in [0.4, 0.5) is 0 Å². The Kier molecular flexibility index (Phi) is 4.37. The fourth-order valence-electron chi connectivity index (χ4n) is 3.64. The highest BCUT2D eigenvalue weighted by molar-refractivity contribution is 5.91. The Morgan fingerprint density at radius 3 is 2.65 bits per heavy atom. The van der Waals surface area contributed by atoms with Gasteiger partial charge in [-0.2, -0.15) is 0 Å². The van der Waals surface area contributed by atoms with Crippen molar-refractivity contribution in [1.29, 1.82) is 0 Å². The summed E-state index contributed by atoms with van der Waals surface area (Å²) in [5.74, 6) is -0.449. The second-order valence-electron chi connectivity index (χ2n) is 6.39. The predicted octanol–water partition coefficient (Wildman–Crippen LogP) is 1.98. The Hall–Kier alpha value is -2.30. The van der Waals surface area contributed by atoms with Gasteiger partial charge in [-0.1, -0.05) is 31.0 Å². The molecule has 0 radical (unpaired) electrons. The van der Waals surface area contributed by atoms with Gasteiger partial charge in [-0.05, 0) is 24.5 Å². The molecule has 5 heteroatoms. The van der Waals surface area contributed by atoms with Gasteiger partial charge in [0, 0.05) is 30.2 Å². The second-order valence-corrected chi connectivity index (χ2v) is 6.39. The third kappa shape index (κ3) is 3.23. The Morgan fingerprint density at radius 1 is 1.26 bits per heavy atom. The first-order chi connectivity index (χ1) is 11.1. The molecule has 0 saturated heterocycles. The van der Waals surface area contributed by atoms with Gasteiger partial charge in [-0.3, -0.25) is 9.59 Å². The Morgan fingerprint density at radius 2 is 1.96 bits per heavy atom. The average molecular weight is 313 g/mol. The molecule has 3 rings (SSSR count). The quantitative estimate of drug-likeness (QED) is 0.917. The third-order valence-electron chi connectivity index (χ3n) is 4.73. The Bertz CT molecular complexity index is 729. The molecule has 1 fully saturated rings. The lowest BCUT2D eigenvalue weighted by Crippen LogP contribution is -2.44. The van der Waals surface area contributed by atoms with Crippen LogP contribution in [0.5, 0.6) is 0 Å². The molecule has 0 spiro atoms. The normalized spacial score (nSPS) is 15.2. The highest BCUT2D eigenvalue weighted by atomic mass is 16.2. The molecule has 2 N–H and O–H groups in total. The van der Waals surface area contributed by atoms with Gasteiger partial charge in [0.15, 0.2) is 0 Å². The van der Waals surface area contributed by atoms with E-state index in [0.29, 0.717) is 6.42 Å². The maximum atomic E-state index is 12.8. The zero-order valence-corrected chi connectivity index (χ0v) is 13.5. The van der Waals surface area contributed by atoms with Crippen molar-refractivity contribution in [3.63, 3.8) is 0 Å². The molecule has 2 amide bonds. The lowest BCUT2D eigenvalue weighted by atomic mass is 10.1. The van der Waals surface area contributed by atoms with Gasteiger partial charge in [0.05, 0.1) is 13.0 Å². The van der Waals surface area contributed by atoms with Crippen LogP contribution in [-0.4, -0.2) is 33.9 Å². The van der Waals surface area contributed by atoms with Crippen molar-refractivity contribution in [2.24, 2.45) is 12.8 Å². The van der Waals surface area contributed by atoms with Crippen molar-refractivity contribution in [3.05, 3.63) is 36.0 Å². The lowest BCUT2D eigenvalue weighted by molar-refractivity contribution is -0.136. The minimum Gasteiger partial charge on any atom is -0.368 e. The van der Waals surface area contributed by atoms with Crippen LogP contribution in [0.15, 0.2) is 30.5 Å². The summed E-state index contributed by atoms with van der Waals surface area (Å²) in [5.41, 5.74) is 7.46. The van der Waals surface area contributed by atoms with E-state index in [1.165, 1.54) is 0 Å². The van der Waals surface area contributed by atoms with E-state index in [2.05, 4.69) is 0 Å². The van der Waals surface area contributed by atoms with Crippen LogP contribution in [0.25, 0.3) is 10.9 Å². The number of aryl methyl sites for hydroxylation is 1. The van der Waals surface area contributed by atoms with Crippen molar-refractivity contribution in [3.8, 4) is 0 Å². The monoisotopic (exact) mass is 313 g/mol. The van der Waals surface area contributed by atoms with Crippen molar-refractivity contribution >= 4 is 22.7 Å². The molecule has 5 nitrogen and oxygen atoms in total. The number of aromatic nitrogens is 1. The maximum Gasteiger partial charge on any atom is 0.237 e. The van der Waals surface area contributed by atoms with E-state index in [-0.39, 0.29) is 18.5 Å². The molecule has 1 saturated carbocycles. The van der Waals surface area contributed by atoms with Crippen LogP contribution < -0.4 is 5.73 Å². The van der Waals surface area contributed by atoms with Gasteiger partial charge < -0.3 is 15.2 Å². The number of rotatable bonds is 5. The van der Waals surface area contributed by atoms with Gasteiger partial charge >= 0.3 is 0 Å². The summed E-state index contributed by atoms with van der Waals surface area (Å²) in [6, 6.07) is 8.21. The molecule has 1 heterocycles. The number of nitrogens with zero attached hydrogens (tertiary/aromatic N) is 2. The Balaban J connectivity index is 1.83. The molecular weight excluding hydrogens is 290 g/mol. The van der Waals surface area contributed by atoms with E-state index < -0.39 is 5.91 Å². The summed E-state index contributed by atoms with van der Waals surface area (Å²) in [4.78, 5) is 25.9. The minimum atomic E-state index is -0.442. The van der Waals surface area contributed by atoms with Crippen LogP contribution in [0, 0.1) is 0 Å². The van der Waals surface area contributed by atoms with Crippen molar-refractivity contribution in [2.45, 2.75) is 38.1 Å². The first kappa shape index (κ1) is 15.6. The molecule has 122 valence electrons. The number of amides is 2. The zero-order chi connectivity index (χ0) is 16.4. The average Bonchev–Trinajstić information content (AvgIpc) is 3.14. The number of fused-ring (bicyclic) bond motifs is 1. The lowest BCUT2D eigenvalue weighted by Gasteiger charge is -2.27. The van der Waals surface area contributed by atoms with Gasteiger partial charge in [-0.25, -0.2) is 0 Å². The number of hydrogen-bond acceptors (Lipinski definition) is 2. The fraction of sp³-hybridized carbons (Fsp3) is 0.444. The first-order valence-corrected chi connectivity index (χ1v) is 8.17. The largest absolute Gasteiger partial charge is 0.368 e. The summed E-state index contributed by atoms with van der Waals surface area (Å²) in [7, 11) is 1.98. The SMILES string of the molecule is Cn1cc(CC(=O)N(CC(N)=O)C2CCCC2)c2ccccc21. The topological polar surface area (TPSA) is 68.3 Å². The summed E-state index contributed by atoms with van der Waals surface area (Å²) in [6.45, 7) is 0.0221. The number of primary amides is 1. The molecular formula is C18H23N3O2. The van der Waals surface area contributed by atoms with Gasteiger partial charge in [-0.15, -0.1) is 0 Å². The fourth-order valence-corrected chi connectivity index (χ4v) is 3.64. The van der Waals surface area contributed by atoms with E-state index in [1.54, 1.807) is 4.90 Å². The van der Waals surface area contributed by atoms with Crippen LogP contribution in [0.2, 0.25) is 0 Å². The Labute approximate surface area is 136 Å². The number of para-hydroxylation sites is 1. The number of hydrogen-bond donors (Lipinski definition) is 1. The summed E-state index contributed by atoms with van der Waals surface area (Å²) >= 11 is 0. The van der Waals surface area contributed by atoms with E-state index >= 15 is 0 Å². The summed E-state index contributed by atoms with van der Waals surface area (Å²) < 4.78 is 2.03. The number of carbonyl (C=O) groups excluding carboxylic acids is 2. The highest BCUT2D eigenvalue weighted by Crippen LogP contribution is 2.26. The highest BCUT2D eigenvalue weighted by Gasteiger charge is 2.28. The molecule has 1 aliphatic rings. The first-order valence-electron chi connectivity index (χ1n) is 8.17. The molecule has 2 aromatic rings. The molecule has 23 heavy (non-hydrogen) atoms. The van der Waals surface area contributed by atoms with Crippen molar-refractivity contribution in [2.75, 3.05) is 6.54 Å². The van der Waals surface area contributed by atoms with E-state index in [1.807, 2.05) is 42.1 Å². The summed E-state index contributed by atoms with van der Waals surface area (Å²) in [6.07, 6.45) is 6.47. The third-order valence-corrected chi connectivity index (χ3v) is 4.73. The molecule has 0 aliphatic heterocycles. The van der Waals surface area contributed by atoms with E-state index in [9.17, 15) is 9.59 Å². The zero-order valence-electron chi connectivity index (χ0n) is 13.5. The van der Waals surface area contributed by atoms with E-state index in [4.69, 9.17) is 5.73 Å². The molecule has 1 aromatic carbocycles. The molecule has 0 bridgehead atoms. The number of nitrogens with two attached hydrogens (primary N) is 1. The van der Waals surface area contributed by atoms with Gasteiger partial charge in [0.1, 0.15) is 0 Å². The molecule has 1 aromatic heterocycles. The molecule has 0 unspecified atom stereocenters. The van der Waals surface area contributed by atoms with E-state index in [0.717, 1.165) is 42.1 Å². The minimum absolute atomic E-state index is 0.00736. The van der Waals surface area contributed by atoms with Crippen molar-refractivity contribution in [1.82, 2.24) is 9.47 Å². The smallest absolute Gasteiger partial charge is 0.237 e.